The molecule has 5 rings (SSSR count). The molecule has 4 atom stereocenters. The van der Waals surface area contributed by atoms with E-state index in [-0.39, 0.29) is 11.9 Å². The number of thioether (sulfide) groups is 1. The molecule has 0 radical (unpaired) electrons. The lowest BCUT2D eigenvalue weighted by atomic mass is 9.84. The van der Waals surface area contributed by atoms with Gasteiger partial charge in [0.05, 0.1) is 18.4 Å². The molecule has 0 spiro atoms. The highest BCUT2D eigenvalue weighted by atomic mass is 32.2. The Kier molecular flexibility index (Phi) is 5.09. The Morgan fingerprint density at radius 3 is 2.90 bits per heavy atom. The van der Waals surface area contributed by atoms with Crippen LogP contribution >= 0.6 is 11.8 Å². The van der Waals surface area contributed by atoms with Gasteiger partial charge < -0.3 is 10.1 Å². The number of carbonyl (C=O) groups is 1. The van der Waals surface area contributed by atoms with Crippen LogP contribution in [0.1, 0.15) is 38.2 Å². The summed E-state index contributed by atoms with van der Waals surface area (Å²) in [6, 6.07) is 8.30. The van der Waals surface area contributed by atoms with Crippen LogP contribution in [0.15, 0.2) is 29.4 Å². The predicted octanol–water partition coefficient (Wildman–Crippen LogP) is 4.23. The number of benzene rings is 1. The lowest BCUT2D eigenvalue weighted by molar-refractivity contribution is -0.119. The van der Waals surface area contributed by atoms with Crippen LogP contribution in [0.25, 0.3) is 16.6 Å². The Morgan fingerprint density at radius 1 is 1.30 bits per heavy atom. The smallest absolute Gasteiger partial charge is 0.230 e. The van der Waals surface area contributed by atoms with Crippen molar-refractivity contribution in [2.45, 2.75) is 50.7 Å². The Morgan fingerprint density at radius 2 is 2.17 bits per heavy atom. The number of hydrogen-bond donors (Lipinski definition) is 1. The second-order valence-electron chi connectivity index (χ2n) is 8.87. The molecule has 2 heterocycles. The number of carbonyl (C=O) groups excluding carboxylic acids is 1. The average Bonchev–Trinajstić information content (AvgIpc) is 3.47. The molecule has 1 amide bonds. The summed E-state index contributed by atoms with van der Waals surface area (Å²) < 4.78 is 7.43. The first-order valence-corrected chi connectivity index (χ1v) is 11.8. The minimum Gasteiger partial charge on any atom is -0.497 e. The highest BCUT2D eigenvalue weighted by Gasteiger charge is 2.42. The number of hydrogen-bond acceptors (Lipinski definition) is 5. The van der Waals surface area contributed by atoms with E-state index in [9.17, 15) is 4.79 Å². The fourth-order valence-electron chi connectivity index (χ4n) is 5.56. The molecule has 0 aliphatic heterocycles. The molecule has 2 fully saturated rings. The zero-order valence-electron chi connectivity index (χ0n) is 17.7. The first-order valence-electron chi connectivity index (χ1n) is 10.8. The zero-order chi connectivity index (χ0) is 20.8. The normalized spacial score (nSPS) is 23.9. The maximum absolute atomic E-state index is 12.7. The number of ether oxygens (including phenoxy) is 1. The molecule has 1 N–H and O–H groups in total. The summed E-state index contributed by atoms with van der Waals surface area (Å²) in [6.07, 6.45) is 5.37. The van der Waals surface area contributed by atoms with Gasteiger partial charge in [-0.25, -0.2) is 0 Å². The van der Waals surface area contributed by atoms with Gasteiger partial charge in [-0.05, 0) is 74.6 Å². The van der Waals surface area contributed by atoms with Crippen molar-refractivity contribution in [2.75, 3.05) is 12.9 Å². The number of rotatable bonds is 6. The topological polar surface area (TPSA) is 68.5 Å². The summed E-state index contributed by atoms with van der Waals surface area (Å²) in [4.78, 5) is 12.7. The molecule has 0 saturated heterocycles. The van der Waals surface area contributed by atoms with E-state index in [1.165, 1.54) is 37.4 Å². The number of fused-ring (bicyclic) bond motifs is 5. The number of nitrogens with one attached hydrogen (secondary N) is 1. The van der Waals surface area contributed by atoms with Crippen LogP contribution in [0.3, 0.4) is 0 Å². The lowest BCUT2D eigenvalue weighted by Crippen LogP contribution is -2.40. The van der Waals surface area contributed by atoms with E-state index in [1.54, 1.807) is 7.11 Å². The van der Waals surface area contributed by atoms with Gasteiger partial charge in [0, 0.05) is 17.5 Å². The molecule has 2 saturated carbocycles. The van der Waals surface area contributed by atoms with Crippen LogP contribution < -0.4 is 10.1 Å². The van der Waals surface area contributed by atoms with Gasteiger partial charge in [0.1, 0.15) is 5.75 Å². The van der Waals surface area contributed by atoms with E-state index in [1.807, 2.05) is 22.6 Å². The van der Waals surface area contributed by atoms with Crippen LogP contribution in [-0.2, 0) is 4.79 Å². The second kappa shape index (κ2) is 7.76. The molecular weight excluding hydrogens is 396 g/mol. The van der Waals surface area contributed by atoms with Crippen molar-refractivity contribution in [3.63, 3.8) is 0 Å². The van der Waals surface area contributed by atoms with Gasteiger partial charge in [-0.1, -0.05) is 18.2 Å². The third-order valence-electron chi connectivity index (χ3n) is 7.03. The van der Waals surface area contributed by atoms with Gasteiger partial charge in [0.2, 0.25) is 5.91 Å². The van der Waals surface area contributed by atoms with Crippen molar-refractivity contribution in [1.29, 1.82) is 0 Å². The third-order valence-corrected chi connectivity index (χ3v) is 7.96. The molecule has 2 aliphatic rings. The molecule has 7 heteroatoms. The van der Waals surface area contributed by atoms with Gasteiger partial charge in [0.15, 0.2) is 10.8 Å². The number of aromatic nitrogens is 3. The monoisotopic (exact) mass is 424 g/mol. The maximum Gasteiger partial charge on any atom is 0.230 e. The fourth-order valence-corrected chi connectivity index (χ4v) is 6.33. The fraction of sp³-hybridized carbons (Fsp3) is 0.522. The van der Waals surface area contributed by atoms with Crippen molar-refractivity contribution >= 4 is 34.2 Å². The summed E-state index contributed by atoms with van der Waals surface area (Å²) >= 11 is 1.44. The molecule has 1 aromatic carbocycles. The number of methoxy groups -OCH3 is 1. The maximum atomic E-state index is 12.7. The minimum absolute atomic E-state index is 0.0704. The van der Waals surface area contributed by atoms with Gasteiger partial charge in [0.25, 0.3) is 0 Å². The van der Waals surface area contributed by atoms with Gasteiger partial charge >= 0.3 is 0 Å². The number of pyridine rings is 1. The molecule has 3 aromatic rings. The van der Waals surface area contributed by atoms with Gasteiger partial charge in [-0.2, -0.15) is 0 Å². The van der Waals surface area contributed by atoms with Crippen LogP contribution in [0.4, 0.5) is 0 Å². The van der Waals surface area contributed by atoms with Gasteiger partial charge in [-0.3, -0.25) is 9.20 Å². The van der Waals surface area contributed by atoms with Crippen LogP contribution in [0.2, 0.25) is 0 Å². The van der Waals surface area contributed by atoms with E-state index in [4.69, 9.17) is 4.74 Å². The molecule has 158 valence electrons. The summed E-state index contributed by atoms with van der Waals surface area (Å²) in [5, 5.41) is 13.8. The van der Waals surface area contributed by atoms with Crippen molar-refractivity contribution < 1.29 is 9.53 Å². The average molecular weight is 425 g/mol. The van der Waals surface area contributed by atoms with Crippen molar-refractivity contribution in [1.82, 2.24) is 19.9 Å². The standard InChI is InChI=1S/C23H28N4O2S/c1-13-8-21-25-26-23(27(21)20-11-17(29-3)6-7-18(13)20)30-12-22(28)24-14(2)19-10-15-4-5-16(19)9-15/h6-8,11,14-16,19H,4-5,9-10,12H2,1-3H3,(H,24,28). The predicted molar refractivity (Wildman–Crippen MR) is 119 cm³/mol. The zero-order valence-corrected chi connectivity index (χ0v) is 18.5. The minimum atomic E-state index is 0.0704. The molecule has 2 aromatic heterocycles. The SMILES string of the molecule is COc1ccc2c(C)cc3nnc(SCC(=O)NC(C)C4CC5CCC4C5)n3c2c1. The van der Waals surface area contributed by atoms with E-state index in [0.717, 1.165) is 44.9 Å². The molecule has 2 bridgehead atoms. The highest BCUT2D eigenvalue weighted by Crippen LogP contribution is 2.49. The quantitative estimate of drug-likeness (QED) is 0.600. The molecule has 6 nitrogen and oxygen atoms in total. The Hall–Kier alpha value is -2.28. The van der Waals surface area contributed by atoms with E-state index in [2.05, 4.69) is 35.4 Å². The molecule has 30 heavy (non-hydrogen) atoms. The van der Waals surface area contributed by atoms with Crippen LogP contribution in [-0.4, -0.2) is 39.4 Å². The van der Waals surface area contributed by atoms with Crippen LogP contribution in [0.5, 0.6) is 5.75 Å². The van der Waals surface area contributed by atoms with Crippen molar-refractivity contribution in [3.05, 3.63) is 29.8 Å². The Balaban J connectivity index is 1.33. The lowest BCUT2D eigenvalue weighted by Gasteiger charge is -2.28. The van der Waals surface area contributed by atoms with Crippen LogP contribution in [0, 0.1) is 24.7 Å². The summed E-state index contributed by atoms with van der Waals surface area (Å²) in [6.45, 7) is 4.24. The van der Waals surface area contributed by atoms with Crippen molar-refractivity contribution in [3.8, 4) is 5.75 Å². The third kappa shape index (κ3) is 3.43. The number of amides is 1. The molecule has 4 unspecified atom stereocenters. The number of nitrogens with zero attached hydrogens (tertiary/aromatic N) is 3. The number of aryl methyl sites for hydroxylation is 1. The highest BCUT2D eigenvalue weighted by molar-refractivity contribution is 7.99. The first kappa shape index (κ1) is 19.7. The molecular formula is C23H28N4O2S. The van der Waals surface area contributed by atoms with Crippen molar-refractivity contribution in [2.24, 2.45) is 17.8 Å². The Bertz CT molecular complexity index is 1110. The molecule has 2 aliphatic carbocycles. The summed E-state index contributed by atoms with van der Waals surface area (Å²) in [7, 11) is 1.66. The van der Waals surface area contributed by atoms with E-state index >= 15 is 0 Å². The first-order chi connectivity index (χ1) is 14.5. The second-order valence-corrected chi connectivity index (χ2v) is 9.81. The largest absolute Gasteiger partial charge is 0.497 e. The summed E-state index contributed by atoms with van der Waals surface area (Å²) in [5.41, 5.74) is 2.92. The van der Waals surface area contributed by atoms with E-state index < -0.39 is 0 Å². The summed E-state index contributed by atoms with van der Waals surface area (Å²) in [5.74, 6) is 3.54. The Labute approximate surface area is 180 Å². The van der Waals surface area contributed by atoms with E-state index in [0.29, 0.717) is 11.7 Å². The van der Waals surface area contributed by atoms with Gasteiger partial charge in [-0.15, -0.1) is 10.2 Å².